The van der Waals surface area contributed by atoms with E-state index >= 15 is 0 Å². The number of carboxylic acid groups (broad SMARTS) is 1. The van der Waals surface area contributed by atoms with E-state index in [2.05, 4.69) is 9.98 Å². The summed E-state index contributed by atoms with van der Waals surface area (Å²) >= 11 is 0. The van der Waals surface area contributed by atoms with Crippen LogP contribution in [0.5, 0.6) is 0 Å². The van der Waals surface area contributed by atoms with Crippen LogP contribution in [0.1, 0.15) is 12.8 Å². The second-order valence-corrected chi connectivity index (χ2v) is 6.26. The fourth-order valence-corrected chi connectivity index (χ4v) is 4.17. The van der Waals surface area contributed by atoms with E-state index in [4.69, 9.17) is 0 Å². The van der Waals surface area contributed by atoms with E-state index in [9.17, 15) is 19.5 Å². The van der Waals surface area contributed by atoms with Gasteiger partial charge in [0.15, 0.2) is 0 Å². The van der Waals surface area contributed by atoms with Crippen LogP contribution in [0.2, 0.25) is 0 Å². The number of imide groups is 1. The van der Waals surface area contributed by atoms with Gasteiger partial charge in [0.25, 0.3) is 0 Å². The molecule has 2 bridgehead atoms. The highest BCUT2D eigenvalue weighted by molar-refractivity contribution is 6.10. The molecule has 114 valence electrons. The SMILES string of the molecule is O=C(O)[C@H](CC1=NC=NC1)N1C(=O)[C@@H]2[C@H](C1=O)[C@H]1C=C[C@H]2C1. The van der Waals surface area contributed by atoms with Crippen LogP contribution in [-0.2, 0) is 14.4 Å². The Hall–Kier alpha value is -2.31. The third-order valence-electron chi connectivity index (χ3n) is 5.13. The average Bonchev–Trinajstić information content (AvgIpc) is 3.23. The van der Waals surface area contributed by atoms with Crippen LogP contribution in [0.15, 0.2) is 22.1 Å². The van der Waals surface area contributed by atoms with Gasteiger partial charge in [0, 0.05) is 12.1 Å². The minimum Gasteiger partial charge on any atom is -0.480 e. The summed E-state index contributed by atoms with van der Waals surface area (Å²) in [6.45, 7) is 0.333. The lowest BCUT2D eigenvalue weighted by molar-refractivity contribution is -0.155. The largest absolute Gasteiger partial charge is 0.480 e. The number of rotatable bonds is 4. The molecule has 7 nitrogen and oxygen atoms in total. The van der Waals surface area contributed by atoms with Crippen LogP contribution in [0.3, 0.4) is 0 Å². The van der Waals surface area contributed by atoms with Crippen molar-refractivity contribution in [2.24, 2.45) is 33.7 Å². The summed E-state index contributed by atoms with van der Waals surface area (Å²) in [6.07, 6.45) is 6.24. The van der Waals surface area contributed by atoms with Crippen LogP contribution in [0.4, 0.5) is 0 Å². The Bertz CT molecular complexity index is 636. The molecule has 2 amide bonds. The molecule has 7 heteroatoms. The average molecular weight is 301 g/mol. The maximum atomic E-state index is 12.6. The van der Waals surface area contributed by atoms with Crippen molar-refractivity contribution in [1.29, 1.82) is 0 Å². The van der Waals surface area contributed by atoms with Crippen molar-refractivity contribution in [2.75, 3.05) is 6.54 Å². The van der Waals surface area contributed by atoms with E-state index in [-0.39, 0.29) is 41.9 Å². The zero-order chi connectivity index (χ0) is 15.4. The lowest BCUT2D eigenvalue weighted by Crippen LogP contribution is -2.47. The first-order chi connectivity index (χ1) is 10.6. The molecule has 1 saturated heterocycles. The molecule has 1 saturated carbocycles. The van der Waals surface area contributed by atoms with E-state index in [1.807, 2.05) is 12.2 Å². The van der Waals surface area contributed by atoms with Crippen LogP contribution in [0, 0.1) is 23.7 Å². The number of likely N-dealkylation sites (tertiary alicyclic amines) is 1. The van der Waals surface area contributed by atoms with Gasteiger partial charge in [-0.2, -0.15) is 0 Å². The van der Waals surface area contributed by atoms with Crippen molar-refractivity contribution < 1.29 is 19.5 Å². The minimum absolute atomic E-state index is 0.0506. The quantitative estimate of drug-likeness (QED) is 0.589. The van der Waals surface area contributed by atoms with Gasteiger partial charge in [-0.15, -0.1) is 0 Å². The van der Waals surface area contributed by atoms with Crippen LogP contribution in [0.25, 0.3) is 0 Å². The topological polar surface area (TPSA) is 99.4 Å². The number of aliphatic carboxylic acids is 1. The molecule has 4 aliphatic rings. The van der Waals surface area contributed by atoms with Crippen molar-refractivity contribution in [1.82, 2.24) is 4.90 Å². The van der Waals surface area contributed by atoms with Crippen LogP contribution >= 0.6 is 0 Å². The Labute approximate surface area is 126 Å². The van der Waals surface area contributed by atoms with Crippen molar-refractivity contribution in [3.05, 3.63) is 12.2 Å². The summed E-state index contributed by atoms with van der Waals surface area (Å²) in [7, 11) is 0. The number of nitrogens with zero attached hydrogens (tertiary/aromatic N) is 3. The number of hydrogen-bond donors (Lipinski definition) is 1. The van der Waals surface area contributed by atoms with Gasteiger partial charge in [-0.25, -0.2) is 9.79 Å². The molecule has 2 aliphatic carbocycles. The molecule has 1 N–H and O–H groups in total. The summed E-state index contributed by atoms with van der Waals surface area (Å²) in [6, 6.07) is -1.18. The third kappa shape index (κ3) is 1.71. The molecule has 0 aromatic heterocycles. The highest BCUT2D eigenvalue weighted by atomic mass is 16.4. The molecule has 4 rings (SSSR count). The molecular formula is C15H15N3O4. The fourth-order valence-electron chi connectivity index (χ4n) is 4.17. The van der Waals surface area contributed by atoms with E-state index < -0.39 is 12.0 Å². The van der Waals surface area contributed by atoms with Gasteiger partial charge in [0.2, 0.25) is 11.8 Å². The van der Waals surface area contributed by atoms with E-state index in [0.29, 0.717) is 12.3 Å². The summed E-state index contributed by atoms with van der Waals surface area (Å²) in [5, 5.41) is 9.48. The molecule has 5 atom stereocenters. The fraction of sp³-hybridized carbons (Fsp3) is 0.533. The van der Waals surface area contributed by atoms with Crippen LogP contribution in [-0.4, -0.2) is 52.4 Å². The van der Waals surface area contributed by atoms with Gasteiger partial charge in [0.05, 0.1) is 18.4 Å². The zero-order valence-corrected chi connectivity index (χ0v) is 11.8. The smallest absolute Gasteiger partial charge is 0.327 e. The molecule has 0 aromatic carbocycles. The minimum atomic E-state index is -1.18. The Kier molecular flexibility index (Phi) is 2.79. The number of aliphatic imine (C=N–C) groups is 2. The van der Waals surface area contributed by atoms with Gasteiger partial charge in [0.1, 0.15) is 12.4 Å². The number of hydrogen-bond acceptors (Lipinski definition) is 5. The second-order valence-electron chi connectivity index (χ2n) is 6.26. The van der Waals surface area contributed by atoms with Gasteiger partial charge < -0.3 is 5.11 Å². The van der Waals surface area contributed by atoms with Crippen LogP contribution < -0.4 is 0 Å². The van der Waals surface area contributed by atoms with E-state index in [1.54, 1.807) is 0 Å². The Morgan fingerprint density at radius 2 is 1.91 bits per heavy atom. The standard InChI is InChI=1S/C15H15N3O4/c19-13-11-7-1-2-8(3-7)12(11)14(20)18(13)10(15(21)22)4-9-5-16-6-17-9/h1-2,6-8,10-12H,3-5H2,(H,21,22)/t7-,8-,10-,11-,12+/m0/s1. The van der Waals surface area contributed by atoms with Gasteiger partial charge in [-0.1, -0.05) is 12.2 Å². The van der Waals surface area contributed by atoms with Crippen molar-refractivity contribution in [3.8, 4) is 0 Å². The molecule has 2 aliphatic heterocycles. The van der Waals surface area contributed by atoms with Gasteiger partial charge in [-0.3, -0.25) is 19.5 Å². The summed E-state index contributed by atoms with van der Waals surface area (Å²) in [5.41, 5.74) is 0.589. The molecule has 2 fully saturated rings. The summed E-state index contributed by atoms with van der Waals surface area (Å²) < 4.78 is 0. The molecule has 0 spiro atoms. The first kappa shape index (κ1) is 13.4. The molecule has 0 aromatic rings. The first-order valence-electron chi connectivity index (χ1n) is 7.40. The first-order valence-corrected chi connectivity index (χ1v) is 7.40. The number of amides is 2. The predicted molar refractivity (Wildman–Crippen MR) is 76.4 cm³/mol. The monoisotopic (exact) mass is 301 g/mol. The van der Waals surface area contributed by atoms with Crippen molar-refractivity contribution >= 4 is 29.8 Å². The third-order valence-corrected chi connectivity index (χ3v) is 5.13. The maximum Gasteiger partial charge on any atom is 0.327 e. The lowest BCUT2D eigenvalue weighted by atomic mass is 9.85. The number of fused-ring (bicyclic) bond motifs is 5. The zero-order valence-electron chi connectivity index (χ0n) is 11.8. The molecular weight excluding hydrogens is 286 g/mol. The van der Waals surface area contributed by atoms with Gasteiger partial charge in [-0.05, 0) is 18.3 Å². The Morgan fingerprint density at radius 3 is 2.41 bits per heavy atom. The highest BCUT2D eigenvalue weighted by Gasteiger charge is 2.61. The lowest BCUT2D eigenvalue weighted by Gasteiger charge is -2.24. The molecule has 22 heavy (non-hydrogen) atoms. The predicted octanol–water partition coefficient (Wildman–Crippen LogP) is 0.120. The Morgan fingerprint density at radius 1 is 1.27 bits per heavy atom. The maximum absolute atomic E-state index is 12.6. The second kappa shape index (κ2) is 4.59. The normalized spacial score (nSPS) is 36.2. The summed E-state index contributed by atoms with van der Waals surface area (Å²) in [5.74, 6) is -2.41. The van der Waals surface area contributed by atoms with E-state index in [0.717, 1.165) is 11.3 Å². The van der Waals surface area contributed by atoms with E-state index in [1.165, 1.54) is 6.34 Å². The number of carbonyl (C=O) groups excluding carboxylic acids is 2. The number of allylic oxidation sites excluding steroid dienone is 2. The summed E-state index contributed by atoms with van der Waals surface area (Å²) in [4.78, 5) is 45.8. The molecule has 2 heterocycles. The van der Waals surface area contributed by atoms with Crippen molar-refractivity contribution in [2.45, 2.75) is 18.9 Å². The van der Waals surface area contributed by atoms with Crippen molar-refractivity contribution in [3.63, 3.8) is 0 Å². The highest BCUT2D eigenvalue weighted by Crippen LogP contribution is 2.52. The molecule has 0 unspecified atom stereocenters. The number of carbonyl (C=O) groups is 3. The molecule has 0 radical (unpaired) electrons. The van der Waals surface area contributed by atoms with Gasteiger partial charge >= 0.3 is 5.97 Å². The number of carboxylic acids is 1. The Balaban J connectivity index is 1.62.